The molecule has 2 aromatic rings. The zero-order valence-corrected chi connectivity index (χ0v) is 8.04. The molecule has 0 aliphatic heterocycles. The number of rotatable bonds is 2. The summed E-state index contributed by atoms with van der Waals surface area (Å²) in [6.45, 7) is 0. The average Bonchev–Trinajstić information content (AvgIpc) is 2.98. The van der Waals surface area contributed by atoms with E-state index in [2.05, 4.69) is 9.97 Å². The lowest BCUT2D eigenvalue weighted by Gasteiger charge is -1.97. The second-order valence-electron chi connectivity index (χ2n) is 3.98. The van der Waals surface area contributed by atoms with Gasteiger partial charge in [0.05, 0.1) is 11.0 Å². The van der Waals surface area contributed by atoms with Crippen LogP contribution in [0.25, 0.3) is 11.0 Å². The third kappa shape index (κ3) is 1.38. The highest BCUT2D eigenvalue weighted by Gasteiger charge is 2.30. The summed E-state index contributed by atoms with van der Waals surface area (Å²) in [4.78, 5) is 28.1. The van der Waals surface area contributed by atoms with E-state index < -0.39 is 0 Å². The van der Waals surface area contributed by atoms with Crippen molar-refractivity contribution in [2.24, 2.45) is 5.92 Å². The van der Waals surface area contributed by atoms with Crippen molar-refractivity contribution in [2.75, 3.05) is 0 Å². The number of H-pyrrole nitrogens is 2. The summed E-state index contributed by atoms with van der Waals surface area (Å²) in [7, 11) is 0. The van der Waals surface area contributed by atoms with Crippen molar-refractivity contribution < 1.29 is 4.79 Å². The van der Waals surface area contributed by atoms with Gasteiger partial charge in [0.25, 0.3) is 0 Å². The van der Waals surface area contributed by atoms with Gasteiger partial charge in [0.2, 0.25) is 0 Å². The molecule has 4 nitrogen and oxygen atoms in total. The van der Waals surface area contributed by atoms with E-state index in [1.807, 2.05) is 0 Å². The van der Waals surface area contributed by atoms with Crippen LogP contribution in [0, 0.1) is 5.92 Å². The van der Waals surface area contributed by atoms with E-state index in [0.717, 1.165) is 18.4 Å². The molecule has 0 saturated heterocycles. The number of hydrogen-bond donors (Lipinski definition) is 2. The number of fused-ring (bicyclic) bond motifs is 1. The van der Waals surface area contributed by atoms with E-state index in [4.69, 9.17) is 0 Å². The monoisotopic (exact) mass is 202 g/mol. The van der Waals surface area contributed by atoms with Crippen molar-refractivity contribution in [2.45, 2.75) is 12.8 Å². The fraction of sp³-hybridized carbons (Fsp3) is 0.273. The summed E-state index contributed by atoms with van der Waals surface area (Å²) in [6.07, 6.45) is 2.00. The number of benzene rings is 1. The number of Topliss-reactive ketones (excluding diaryl/α,β-unsaturated/α-hetero) is 1. The van der Waals surface area contributed by atoms with Crippen LogP contribution in [0.5, 0.6) is 0 Å². The summed E-state index contributed by atoms with van der Waals surface area (Å²) in [5.74, 6) is 0.409. The molecule has 4 heteroatoms. The SMILES string of the molecule is O=C(c1ccc2[nH]c(=O)[nH]c2c1)C1CC1. The third-order valence-corrected chi connectivity index (χ3v) is 2.75. The molecule has 1 saturated carbocycles. The average molecular weight is 202 g/mol. The fourth-order valence-electron chi connectivity index (χ4n) is 1.77. The van der Waals surface area contributed by atoms with E-state index in [-0.39, 0.29) is 17.4 Å². The van der Waals surface area contributed by atoms with Gasteiger partial charge < -0.3 is 9.97 Å². The van der Waals surface area contributed by atoms with Gasteiger partial charge in [-0.3, -0.25) is 4.79 Å². The summed E-state index contributed by atoms with van der Waals surface area (Å²) in [6, 6.07) is 5.28. The minimum Gasteiger partial charge on any atom is -0.306 e. The smallest absolute Gasteiger partial charge is 0.306 e. The third-order valence-electron chi connectivity index (χ3n) is 2.75. The number of carbonyl (C=O) groups excluding carboxylic acids is 1. The maximum absolute atomic E-state index is 11.8. The molecule has 1 heterocycles. The Balaban J connectivity index is 2.12. The van der Waals surface area contributed by atoms with E-state index in [0.29, 0.717) is 11.1 Å². The Labute approximate surface area is 85.3 Å². The molecule has 3 rings (SSSR count). The maximum Gasteiger partial charge on any atom is 0.323 e. The molecule has 0 atom stereocenters. The Kier molecular flexibility index (Phi) is 1.59. The molecule has 1 fully saturated rings. The van der Waals surface area contributed by atoms with Crippen molar-refractivity contribution in [3.8, 4) is 0 Å². The first-order chi connectivity index (χ1) is 7.24. The van der Waals surface area contributed by atoms with Gasteiger partial charge in [0.1, 0.15) is 0 Å². The summed E-state index contributed by atoms with van der Waals surface area (Å²) >= 11 is 0. The van der Waals surface area contributed by atoms with Crippen LogP contribution in [0.15, 0.2) is 23.0 Å². The van der Waals surface area contributed by atoms with E-state index >= 15 is 0 Å². The number of imidazole rings is 1. The minimum absolute atomic E-state index is 0.193. The van der Waals surface area contributed by atoms with Crippen LogP contribution in [-0.2, 0) is 0 Å². The Bertz CT molecular complexity index is 590. The Morgan fingerprint density at radius 1 is 1.20 bits per heavy atom. The van der Waals surface area contributed by atoms with Crippen LogP contribution < -0.4 is 5.69 Å². The standard InChI is InChI=1S/C11H10N2O2/c14-10(6-1-2-6)7-3-4-8-9(5-7)13-11(15)12-8/h3-6H,1-2H2,(H2,12,13,15). The van der Waals surface area contributed by atoms with E-state index in [9.17, 15) is 9.59 Å². The van der Waals surface area contributed by atoms with Gasteiger partial charge in [-0.2, -0.15) is 0 Å². The van der Waals surface area contributed by atoms with Gasteiger partial charge >= 0.3 is 5.69 Å². The molecule has 1 aliphatic carbocycles. The molecule has 0 unspecified atom stereocenters. The first kappa shape index (κ1) is 8.47. The van der Waals surface area contributed by atoms with Crippen LogP contribution in [0.4, 0.5) is 0 Å². The Hall–Kier alpha value is -1.84. The quantitative estimate of drug-likeness (QED) is 0.724. The minimum atomic E-state index is -0.235. The molecular formula is C11H10N2O2. The van der Waals surface area contributed by atoms with Crippen LogP contribution >= 0.6 is 0 Å². The van der Waals surface area contributed by atoms with Gasteiger partial charge in [-0.1, -0.05) is 0 Å². The molecule has 0 spiro atoms. The van der Waals surface area contributed by atoms with Crippen LogP contribution in [0.2, 0.25) is 0 Å². The lowest BCUT2D eigenvalue weighted by molar-refractivity contribution is 0.0968. The fourth-order valence-corrected chi connectivity index (χ4v) is 1.77. The molecule has 1 aromatic heterocycles. The molecule has 1 aromatic carbocycles. The molecule has 0 radical (unpaired) electrons. The van der Waals surface area contributed by atoms with Gasteiger partial charge in [-0.05, 0) is 31.0 Å². The predicted octanol–water partition coefficient (Wildman–Crippen LogP) is 1.45. The largest absolute Gasteiger partial charge is 0.323 e. The van der Waals surface area contributed by atoms with Crippen molar-refractivity contribution in [3.63, 3.8) is 0 Å². The molecule has 0 bridgehead atoms. The highest BCUT2D eigenvalue weighted by molar-refractivity contribution is 6.01. The van der Waals surface area contributed by atoms with Crippen LogP contribution in [0.1, 0.15) is 23.2 Å². The van der Waals surface area contributed by atoms with E-state index in [1.54, 1.807) is 18.2 Å². The van der Waals surface area contributed by atoms with Gasteiger partial charge in [-0.25, -0.2) is 4.79 Å². The number of aromatic nitrogens is 2. The zero-order valence-electron chi connectivity index (χ0n) is 8.04. The Morgan fingerprint density at radius 2 is 1.93 bits per heavy atom. The number of hydrogen-bond acceptors (Lipinski definition) is 2. The van der Waals surface area contributed by atoms with Crippen LogP contribution in [0.3, 0.4) is 0 Å². The van der Waals surface area contributed by atoms with Gasteiger partial charge in [0.15, 0.2) is 5.78 Å². The molecule has 0 amide bonds. The summed E-state index contributed by atoms with van der Waals surface area (Å²) < 4.78 is 0. The highest BCUT2D eigenvalue weighted by Crippen LogP contribution is 2.32. The first-order valence-electron chi connectivity index (χ1n) is 5.00. The van der Waals surface area contributed by atoms with Crippen molar-refractivity contribution >= 4 is 16.8 Å². The number of aromatic amines is 2. The van der Waals surface area contributed by atoms with Gasteiger partial charge in [0, 0.05) is 11.5 Å². The predicted molar refractivity (Wildman–Crippen MR) is 56.0 cm³/mol. The number of nitrogens with one attached hydrogen (secondary N) is 2. The number of carbonyl (C=O) groups is 1. The number of ketones is 1. The second kappa shape index (κ2) is 2.82. The summed E-state index contributed by atoms with van der Waals surface area (Å²) in [5.41, 5.74) is 1.90. The normalized spacial score (nSPS) is 15.7. The molecule has 2 N–H and O–H groups in total. The molecule has 15 heavy (non-hydrogen) atoms. The highest BCUT2D eigenvalue weighted by atomic mass is 16.1. The van der Waals surface area contributed by atoms with Crippen LogP contribution in [-0.4, -0.2) is 15.8 Å². The van der Waals surface area contributed by atoms with Crippen molar-refractivity contribution in [3.05, 3.63) is 34.2 Å². The van der Waals surface area contributed by atoms with Gasteiger partial charge in [-0.15, -0.1) is 0 Å². The maximum atomic E-state index is 11.8. The molecular weight excluding hydrogens is 192 g/mol. The van der Waals surface area contributed by atoms with Crippen molar-refractivity contribution in [1.29, 1.82) is 0 Å². The first-order valence-corrected chi connectivity index (χ1v) is 5.00. The topological polar surface area (TPSA) is 65.7 Å². The zero-order chi connectivity index (χ0) is 10.4. The summed E-state index contributed by atoms with van der Waals surface area (Å²) in [5, 5.41) is 0. The molecule has 76 valence electrons. The second-order valence-corrected chi connectivity index (χ2v) is 3.98. The lowest BCUT2D eigenvalue weighted by atomic mass is 10.1. The molecule has 1 aliphatic rings. The van der Waals surface area contributed by atoms with Crippen molar-refractivity contribution in [1.82, 2.24) is 9.97 Å². The van der Waals surface area contributed by atoms with E-state index in [1.165, 1.54) is 0 Å². The Morgan fingerprint density at radius 3 is 2.67 bits per heavy atom. The lowest BCUT2D eigenvalue weighted by Crippen LogP contribution is -2.00.